The van der Waals surface area contributed by atoms with Gasteiger partial charge in [0.15, 0.2) is 0 Å². The third kappa shape index (κ3) is 4.40. The molecule has 1 N–H and O–H groups in total. The summed E-state index contributed by atoms with van der Waals surface area (Å²) in [5.41, 5.74) is 3.16. The molecule has 1 aromatic rings. The Hall–Kier alpha value is -0.410. The van der Waals surface area contributed by atoms with Crippen LogP contribution in [0.25, 0.3) is 0 Å². The van der Waals surface area contributed by atoms with Crippen molar-refractivity contribution < 1.29 is 0 Å². The summed E-state index contributed by atoms with van der Waals surface area (Å²) in [6, 6.07) is 0.766. The fraction of sp³-hybridized carbons (Fsp3) is 0.786. The van der Waals surface area contributed by atoms with Gasteiger partial charge in [-0.1, -0.05) is 19.8 Å². The van der Waals surface area contributed by atoms with Gasteiger partial charge in [-0.15, -0.1) is 11.3 Å². The van der Waals surface area contributed by atoms with E-state index in [-0.39, 0.29) is 0 Å². The van der Waals surface area contributed by atoms with Crippen molar-refractivity contribution in [1.82, 2.24) is 10.3 Å². The molecule has 2 nitrogen and oxygen atoms in total. The van der Waals surface area contributed by atoms with Gasteiger partial charge in [-0.25, -0.2) is 4.98 Å². The molecule has 0 atom stereocenters. The van der Waals surface area contributed by atoms with Gasteiger partial charge in [0.25, 0.3) is 0 Å². The second kappa shape index (κ2) is 7.12. The normalized spacial score (nSPS) is 25.0. The predicted octanol–water partition coefficient (Wildman–Crippen LogP) is 3.63. The Morgan fingerprint density at radius 3 is 2.82 bits per heavy atom. The predicted molar refractivity (Wildman–Crippen MR) is 74.5 cm³/mol. The molecule has 0 saturated heterocycles. The minimum absolute atomic E-state index is 0.766. The number of rotatable bonds is 6. The summed E-state index contributed by atoms with van der Waals surface area (Å²) in [6.45, 7) is 3.39. The Kier molecular flexibility index (Phi) is 5.46. The first kappa shape index (κ1) is 13.0. The Morgan fingerprint density at radius 2 is 2.18 bits per heavy atom. The van der Waals surface area contributed by atoms with Gasteiger partial charge in [-0.05, 0) is 31.6 Å². The lowest BCUT2D eigenvalue weighted by molar-refractivity contribution is 0.279. The summed E-state index contributed by atoms with van der Waals surface area (Å²) in [5, 5.41) is 5.84. The molecule has 0 amide bonds. The molecule has 1 heterocycles. The molecule has 1 fully saturated rings. The lowest BCUT2D eigenvalue weighted by atomic mass is 9.83. The third-order valence-electron chi connectivity index (χ3n) is 3.84. The van der Waals surface area contributed by atoms with Crippen molar-refractivity contribution in [3.63, 3.8) is 0 Å². The second-order valence-corrected chi connectivity index (χ2v) is 5.91. The average Bonchev–Trinajstić information content (AvgIpc) is 2.85. The first-order valence-corrected chi connectivity index (χ1v) is 7.93. The van der Waals surface area contributed by atoms with Gasteiger partial charge in [0, 0.05) is 24.4 Å². The molecule has 0 aromatic carbocycles. The number of hydrogen-bond acceptors (Lipinski definition) is 3. The smallest absolute Gasteiger partial charge is 0.0794 e. The summed E-state index contributed by atoms with van der Waals surface area (Å²) >= 11 is 1.69. The van der Waals surface area contributed by atoms with E-state index in [0.717, 1.165) is 24.9 Å². The number of aromatic nitrogens is 1. The van der Waals surface area contributed by atoms with Crippen LogP contribution < -0.4 is 5.32 Å². The number of thiazole rings is 1. The van der Waals surface area contributed by atoms with Gasteiger partial charge in [0.2, 0.25) is 0 Å². The van der Waals surface area contributed by atoms with Gasteiger partial charge < -0.3 is 5.32 Å². The minimum Gasteiger partial charge on any atom is -0.314 e. The highest BCUT2D eigenvalue weighted by Crippen LogP contribution is 2.27. The van der Waals surface area contributed by atoms with E-state index in [1.54, 1.807) is 11.3 Å². The number of hydrogen-bond donors (Lipinski definition) is 1. The van der Waals surface area contributed by atoms with E-state index in [2.05, 4.69) is 22.6 Å². The highest BCUT2D eigenvalue weighted by molar-refractivity contribution is 7.07. The van der Waals surface area contributed by atoms with Crippen LogP contribution in [0.4, 0.5) is 0 Å². The van der Waals surface area contributed by atoms with E-state index < -0.39 is 0 Å². The van der Waals surface area contributed by atoms with Crippen LogP contribution in [0.1, 0.15) is 51.1 Å². The number of nitrogens with zero attached hydrogens (tertiary/aromatic N) is 1. The molecule has 0 radical (unpaired) electrons. The van der Waals surface area contributed by atoms with Crippen LogP contribution >= 0.6 is 11.3 Å². The molecule has 2 rings (SSSR count). The summed E-state index contributed by atoms with van der Waals surface area (Å²) in [7, 11) is 0. The Morgan fingerprint density at radius 1 is 1.35 bits per heavy atom. The summed E-state index contributed by atoms with van der Waals surface area (Å²) in [4.78, 5) is 4.31. The molecule has 0 bridgehead atoms. The SMILES string of the molecule is CCCC1CCC(NCCc2cscn2)CC1. The molecule has 1 aliphatic carbocycles. The molecular formula is C14H24N2S. The maximum absolute atomic E-state index is 4.31. The molecular weight excluding hydrogens is 228 g/mol. The lowest BCUT2D eigenvalue weighted by Gasteiger charge is -2.29. The van der Waals surface area contributed by atoms with Crippen molar-refractivity contribution in [1.29, 1.82) is 0 Å². The third-order valence-corrected chi connectivity index (χ3v) is 4.48. The minimum atomic E-state index is 0.766. The zero-order chi connectivity index (χ0) is 11.9. The van der Waals surface area contributed by atoms with E-state index >= 15 is 0 Å². The van der Waals surface area contributed by atoms with Crippen LogP contribution in [0.2, 0.25) is 0 Å². The molecule has 17 heavy (non-hydrogen) atoms. The fourth-order valence-corrected chi connectivity index (χ4v) is 3.42. The largest absolute Gasteiger partial charge is 0.314 e. The molecule has 1 aromatic heterocycles. The molecule has 1 saturated carbocycles. The van der Waals surface area contributed by atoms with Crippen molar-refractivity contribution >= 4 is 11.3 Å². The van der Waals surface area contributed by atoms with Crippen LogP contribution in [-0.4, -0.2) is 17.6 Å². The monoisotopic (exact) mass is 252 g/mol. The standard InChI is InChI=1S/C14H24N2S/c1-2-3-12-4-6-13(7-5-12)15-9-8-14-10-17-11-16-14/h10-13,15H,2-9H2,1H3. The zero-order valence-electron chi connectivity index (χ0n) is 10.8. The highest BCUT2D eigenvalue weighted by atomic mass is 32.1. The Balaban J connectivity index is 1.58. The van der Waals surface area contributed by atoms with E-state index in [0.29, 0.717) is 0 Å². The van der Waals surface area contributed by atoms with Gasteiger partial charge in [0.05, 0.1) is 11.2 Å². The molecule has 0 unspecified atom stereocenters. The maximum atomic E-state index is 4.31. The molecule has 1 aliphatic rings. The second-order valence-electron chi connectivity index (χ2n) is 5.19. The lowest BCUT2D eigenvalue weighted by Crippen LogP contribution is -2.34. The van der Waals surface area contributed by atoms with Gasteiger partial charge in [-0.2, -0.15) is 0 Å². The van der Waals surface area contributed by atoms with Crippen LogP contribution in [0, 0.1) is 5.92 Å². The van der Waals surface area contributed by atoms with Crippen LogP contribution in [-0.2, 0) is 6.42 Å². The van der Waals surface area contributed by atoms with E-state index in [4.69, 9.17) is 0 Å². The molecule has 96 valence electrons. The summed E-state index contributed by atoms with van der Waals surface area (Å²) < 4.78 is 0. The van der Waals surface area contributed by atoms with Gasteiger partial charge in [-0.3, -0.25) is 0 Å². The summed E-state index contributed by atoms with van der Waals surface area (Å²) in [6.07, 6.45) is 9.49. The molecule has 0 aliphatic heterocycles. The van der Waals surface area contributed by atoms with E-state index in [1.807, 2.05) is 5.51 Å². The van der Waals surface area contributed by atoms with Crippen LogP contribution in [0.5, 0.6) is 0 Å². The van der Waals surface area contributed by atoms with E-state index in [1.165, 1.54) is 44.2 Å². The summed E-state index contributed by atoms with van der Waals surface area (Å²) in [5.74, 6) is 1.01. The Labute approximate surface area is 109 Å². The first-order valence-electron chi connectivity index (χ1n) is 6.99. The average molecular weight is 252 g/mol. The van der Waals surface area contributed by atoms with E-state index in [9.17, 15) is 0 Å². The maximum Gasteiger partial charge on any atom is 0.0794 e. The van der Waals surface area contributed by atoms with Gasteiger partial charge in [0.1, 0.15) is 0 Å². The van der Waals surface area contributed by atoms with Crippen LogP contribution in [0.3, 0.4) is 0 Å². The molecule has 3 heteroatoms. The van der Waals surface area contributed by atoms with Crippen molar-refractivity contribution in [2.45, 2.75) is 57.9 Å². The molecule has 0 spiro atoms. The zero-order valence-corrected chi connectivity index (χ0v) is 11.6. The number of nitrogens with one attached hydrogen (secondary N) is 1. The quantitative estimate of drug-likeness (QED) is 0.836. The topological polar surface area (TPSA) is 24.9 Å². The fourth-order valence-electron chi connectivity index (χ4n) is 2.83. The Bertz CT molecular complexity index is 289. The van der Waals surface area contributed by atoms with Gasteiger partial charge >= 0.3 is 0 Å². The van der Waals surface area contributed by atoms with Crippen molar-refractivity contribution in [2.24, 2.45) is 5.92 Å². The van der Waals surface area contributed by atoms with Crippen LogP contribution in [0.15, 0.2) is 10.9 Å². The van der Waals surface area contributed by atoms with Crippen molar-refractivity contribution in [3.05, 3.63) is 16.6 Å². The first-order chi connectivity index (χ1) is 8.38. The van der Waals surface area contributed by atoms with Crippen molar-refractivity contribution in [2.75, 3.05) is 6.54 Å². The highest BCUT2D eigenvalue weighted by Gasteiger charge is 2.19. The van der Waals surface area contributed by atoms with Crippen molar-refractivity contribution in [3.8, 4) is 0 Å².